The molecule has 1 aliphatic rings. The van der Waals surface area contributed by atoms with Gasteiger partial charge in [0.2, 0.25) is 0 Å². The van der Waals surface area contributed by atoms with Gasteiger partial charge in [0.25, 0.3) is 0 Å². The zero-order valence-corrected chi connectivity index (χ0v) is 10.6. The summed E-state index contributed by atoms with van der Waals surface area (Å²) < 4.78 is 5.44. The van der Waals surface area contributed by atoms with Gasteiger partial charge in [-0.1, -0.05) is 0 Å². The van der Waals surface area contributed by atoms with E-state index >= 15 is 0 Å². The summed E-state index contributed by atoms with van der Waals surface area (Å²) in [7, 11) is 3.75. The molecule has 2 heterocycles. The van der Waals surface area contributed by atoms with E-state index in [2.05, 4.69) is 27.3 Å². The first-order chi connectivity index (χ1) is 8.33. The van der Waals surface area contributed by atoms with Crippen molar-refractivity contribution < 1.29 is 4.74 Å². The summed E-state index contributed by atoms with van der Waals surface area (Å²) in [6.45, 7) is 2.92. The smallest absolute Gasteiger partial charge is 0.128 e. The normalized spacial score (nSPS) is 20.6. The summed E-state index contributed by atoms with van der Waals surface area (Å²) in [5.74, 6) is 1.07. The summed E-state index contributed by atoms with van der Waals surface area (Å²) in [5.41, 5.74) is 1.28. The number of anilines is 1. The number of nitrogens with zero attached hydrogens (tertiary/aromatic N) is 2. The van der Waals surface area contributed by atoms with Crippen LogP contribution in [0.25, 0.3) is 0 Å². The number of rotatable bonds is 4. The minimum absolute atomic E-state index is 0.346. The lowest BCUT2D eigenvalue weighted by Gasteiger charge is -2.32. The average molecular weight is 235 g/mol. The first-order valence-electron chi connectivity index (χ1n) is 6.20. The van der Waals surface area contributed by atoms with Crippen LogP contribution >= 0.6 is 0 Å². The zero-order chi connectivity index (χ0) is 12.1. The average Bonchev–Trinajstić information content (AvgIpc) is 2.40. The molecule has 17 heavy (non-hydrogen) atoms. The zero-order valence-electron chi connectivity index (χ0n) is 10.6. The number of piperidine rings is 1. The summed E-state index contributed by atoms with van der Waals surface area (Å²) in [4.78, 5) is 6.77. The van der Waals surface area contributed by atoms with E-state index in [1.807, 2.05) is 13.2 Å². The van der Waals surface area contributed by atoms with E-state index in [1.54, 1.807) is 7.11 Å². The SMILES string of the molecule is CNCc1ccnc(N2CCCC(OC)C2)c1. The predicted octanol–water partition coefficient (Wildman–Crippen LogP) is 1.42. The Morgan fingerprint density at radius 3 is 3.24 bits per heavy atom. The standard InChI is InChI=1S/C13H21N3O/c1-14-9-11-5-6-15-13(8-11)16-7-3-4-12(10-16)17-2/h5-6,8,12,14H,3-4,7,9-10H2,1-2H3. The third-order valence-electron chi connectivity index (χ3n) is 3.23. The van der Waals surface area contributed by atoms with Crippen LogP contribution in [-0.4, -0.2) is 38.3 Å². The molecule has 4 heteroatoms. The van der Waals surface area contributed by atoms with E-state index < -0.39 is 0 Å². The molecule has 1 aromatic heterocycles. The third kappa shape index (κ3) is 3.17. The lowest BCUT2D eigenvalue weighted by Crippen LogP contribution is -2.39. The highest BCUT2D eigenvalue weighted by molar-refractivity contribution is 5.41. The molecule has 0 radical (unpaired) electrons. The van der Waals surface area contributed by atoms with Gasteiger partial charge in [-0.2, -0.15) is 0 Å². The van der Waals surface area contributed by atoms with Crippen LogP contribution < -0.4 is 10.2 Å². The maximum atomic E-state index is 5.44. The van der Waals surface area contributed by atoms with Gasteiger partial charge in [0.15, 0.2) is 0 Å². The summed E-state index contributed by atoms with van der Waals surface area (Å²) in [6, 6.07) is 4.21. The van der Waals surface area contributed by atoms with Gasteiger partial charge in [0.05, 0.1) is 6.10 Å². The molecule has 2 rings (SSSR count). The Hall–Kier alpha value is -1.13. The van der Waals surface area contributed by atoms with E-state index in [9.17, 15) is 0 Å². The number of methoxy groups -OCH3 is 1. The highest BCUT2D eigenvalue weighted by atomic mass is 16.5. The molecule has 1 aromatic rings. The largest absolute Gasteiger partial charge is 0.380 e. The second kappa shape index (κ2) is 5.98. The monoisotopic (exact) mass is 235 g/mol. The minimum atomic E-state index is 0.346. The Labute approximate surface area is 103 Å². The fourth-order valence-corrected chi connectivity index (χ4v) is 2.29. The molecule has 1 unspecified atom stereocenters. The van der Waals surface area contributed by atoms with Crippen LogP contribution in [0.2, 0.25) is 0 Å². The molecule has 4 nitrogen and oxygen atoms in total. The number of ether oxygens (including phenoxy) is 1. The molecule has 0 spiro atoms. The van der Waals surface area contributed by atoms with Gasteiger partial charge in [0, 0.05) is 32.9 Å². The maximum Gasteiger partial charge on any atom is 0.128 e. The highest BCUT2D eigenvalue weighted by Gasteiger charge is 2.20. The molecule has 94 valence electrons. The molecule has 0 amide bonds. The molecule has 1 atom stereocenters. The highest BCUT2D eigenvalue weighted by Crippen LogP contribution is 2.19. The van der Waals surface area contributed by atoms with Crippen molar-refractivity contribution in [2.24, 2.45) is 0 Å². The van der Waals surface area contributed by atoms with Crippen LogP contribution in [0.5, 0.6) is 0 Å². The molecule has 0 saturated carbocycles. The molecule has 1 aliphatic heterocycles. The Bertz CT molecular complexity index is 356. The Morgan fingerprint density at radius 1 is 1.59 bits per heavy atom. The third-order valence-corrected chi connectivity index (χ3v) is 3.23. The number of hydrogen-bond acceptors (Lipinski definition) is 4. The Kier molecular flexibility index (Phi) is 4.34. The van der Waals surface area contributed by atoms with Gasteiger partial charge in [-0.25, -0.2) is 4.98 Å². The molecule has 0 aliphatic carbocycles. The molecule has 1 saturated heterocycles. The molecular weight excluding hydrogens is 214 g/mol. The van der Waals surface area contributed by atoms with Crippen molar-refractivity contribution in [2.75, 3.05) is 32.1 Å². The predicted molar refractivity (Wildman–Crippen MR) is 69.2 cm³/mol. The van der Waals surface area contributed by atoms with Crippen molar-refractivity contribution in [1.29, 1.82) is 0 Å². The van der Waals surface area contributed by atoms with Crippen LogP contribution in [0, 0.1) is 0 Å². The Balaban J connectivity index is 2.07. The first kappa shape index (κ1) is 12.3. The number of pyridine rings is 1. The second-order valence-corrected chi connectivity index (χ2v) is 4.50. The van der Waals surface area contributed by atoms with Crippen molar-refractivity contribution in [3.63, 3.8) is 0 Å². The van der Waals surface area contributed by atoms with Gasteiger partial charge in [0.1, 0.15) is 5.82 Å². The topological polar surface area (TPSA) is 37.4 Å². The molecule has 0 bridgehead atoms. The van der Waals surface area contributed by atoms with Crippen LogP contribution in [0.15, 0.2) is 18.3 Å². The van der Waals surface area contributed by atoms with Gasteiger partial charge >= 0.3 is 0 Å². The van der Waals surface area contributed by atoms with Gasteiger partial charge in [-0.15, -0.1) is 0 Å². The lowest BCUT2D eigenvalue weighted by atomic mass is 10.1. The van der Waals surface area contributed by atoms with Crippen molar-refractivity contribution in [3.8, 4) is 0 Å². The second-order valence-electron chi connectivity index (χ2n) is 4.50. The first-order valence-corrected chi connectivity index (χ1v) is 6.20. The van der Waals surface area contributed by atoms with Crippen molar-refractivity contribution in [1.82, 2.24) is 10.3 Å². The van der Waals surface area contributed by atoms with Crippen molar-refractivity contribution in [2.45, 2.75) is 25.5 Å². The van der Waals surface area contributed by atoms with E-state index in [-0.39, 0.29) is 0 Å². The van der Waals surface area contributed by atoms with Crippen LogP contribution in [0.3, 0.4) is 0 Å². The van der Waals surface area contributed by atoms with E-state index in [0.29, 0.717) is 6.10 Å². The van der Waals surface area contributed by atoms with E-state index in [1.165, 1.54) is 12.0 Å². The van der Waals surface area contributed by atoms with Gasteiger partial charge < -0.3 is 15.0 Å². The van der Waals surface area contributed by atoms with Crippen LogP contribution in [-0.2, 0) is 11.3 Å². The van der Waals surface area contributed by atoms with Gasteiger partial charge in [-0.3, -0.25) is 0 Å². The molecular formula is C13H21N3O. The number of hydrogen-bond donors (Lipinski definition) is 1. The van der Waals surface area contributed by atoms with Crippen molar-refractivity contribution >= 4 is 5.82 Å². The van der Waals surface area contributed by atoms with Crippen LogP contribution in [0.4, 0.5) is 5.82 Å². The van der Waals surface area contributed by atoms with Crippen molar-refractivity contribution in [3.05, 3.63) is 23.9 Å². The minimum Gasteiger partial charge on any atom is -0.380 e. The number of nitrogens with one attached hydrogen (secondary N) is 1. The summed E-state index contributed by atoms with van der Waals surface area (Å²) in [5, 5.41) is 3.16. The summed E-state index contributed by atoms with van der Waals surface area (Å²) >= 11 is 0. The summed E-state index contributed by atoms with van der Waals surface area (Å²) in [6.07, 6.45) is 4.57. The quantitative estimate of drug-likeness (QED) is 0.856. The number of aromatic nitrogens is 1. The van der Waals surface area contributed by atoms with Gasteiger partial charge in [-0.05, 0) is 37.6 Å². The van der Waals surface area contributed by atoms with E-state index in [0.717, 1.165) is 31.9 Å². The molecule has 1 N–H and O–H groups in total. The maximum absolute atomic E-state index is 5.44. The lowest BCUT2D eigenvalue weighted by molar-refractivity contribution is 0.0891. The Morgan fingerprint density at radius 2 is 2.47 bits per heavy atom. The fourth-order valence-electron chi connectivity index (χ4n) is 2.29. The van der Waals surface area contributed by atoms with Crippen LogP contribution in [0.1, 0.15) is 18.4 Å². The fraction of sp³-hybridized carbons (Fsp3) is 0.615. The molecule has 1 fully saturated rings. The van der Waals surface area contributed by atoms with E-state index in [4.69, 9.17) is 4.74 Å². The molecule has 0 aromatic carbocycles.